The number of thiophene rings is 1. The van der Waals surface area contributed by atoms with Gasteiger partial charge in [0.1, 0.15) is 0 Å². The van der Waals surface area contributed by atoms with Gasteiger partial charge >= 0.3 is 12.0 Å². The van der Waals surface area contributed by atoms with Crippen molar-refractivity contribution in [3.8, 4) is 0 Å². The van der Waals surface area contributed by atoms with Crippen molar-refractivity contribution in [2.45, 2.75) is 26.3 Å². The van der Waals surface area contributed by atoms with E-state index >= 15 is 0 Å². The number of hydrogen-bond acceptors (Lipinski definition) is 5. The third kappa shape index (κ3) is 5.86. The second-order valence-corrected chi connectivity index (χ2v) is 7.93. The molecule has 0 unspecified atom stereocenters. The summed E-state index contributed by atoms with van der Waals surface area (Å²) in [6.45, 7) is 4.78. The van der Waals surface area contributed by atoms with Gasteiger partial charge in [-0.1, -0.05) is 29.8 Å². The summed E-state index contributed by atoms with van der Waals surface area (Å²) in [6.07, 6.45) is 2.73. The first-order valence-corrected chi connectivity index (χ1v) is 8.99. The highest BCUT2D eigenvalue weighted by Crippen LogP contribution is 2.35. The van der Waals surface area contributed by atoms with E-state index in [-0.39, 0.29) is 0 Å². The lowest BCUT2D eigenvalue weighted by molar-refractivity contribution is -0.143. The van der Waals surface area contributed by atoms with E-state index in [1.165, 1.54) is 17.4 Å². The van der Waals surface area contributed by atoms with Gasteiger partial charge in [-0.05, 0) is 32.9 Å². The fraction of sp³-hybridized carbons (Fsp3) is 0.278. The number of imide groups is 1. The predicted octanol–water partition coefficient (Wildman–Crippen LogP) is 3.74. The average Bonchev–Trinajstić information content (AvgIpc) is 2.86. The van der Waals surface area contributed by atoms with Crippen molar-refractivity contribution in [1.82, 2.24) is 10.6 Å². The number of amides is 3. The molecule has 0 saturated carbocycles. The number of carbonyl (C=O) groups is 3. The number of benzene rings is 1. The first-order valence-electron chi connectivity index (χ1n) is 7.79. The Bertz CT molecular complexity index is 868. The Kier molecular flexibility index (Phi) is 6.39. The largest absolute Gasteiger partial charge is 0.452 e. The van der Waals surface area contributed by atoms with Crippen LogP contribution in [0.1, 0.15) is 25.6 Å². The van der Waals surface area contributed by atoms with Crippen LogP contribution in [0.15, 0.2) is 30.3 Å². The lowest BCUT2D eigenvalue weighted by Gasteiger charge is -2.20. The number of rotatable bonds is 4. The second kappa shape index (κ2) is 8.33. The van der Waals surface area contributed by atoms with E-state index in [9.17, 15) is 14.4 Å². The Morgan fingerprint density at radius 3 is 2.58 bits per heavy atom. The van der Waals surface area contributed by atoms with Gasteiger partial charge in [-0.2, -0.15) is 0 Å². The first-order chi connectivity index (χ1) is 12.2. The smallest absolute Gasteiger partial charge is 0.331 e. The average molecular weight is 395 g/mol. The molecule has 138 valence electrons. The lowest BCUT2D eigenvalue weighted by Crippen LogP contribution is -2.49. The van der Waals surface area contributed by atoms with Crippen molar-refractivity contribution in [2.24, 2.45) is 0 Å². The number of hydrogen-bond donors (Lipinski definition) is 2. The molecule has 8 heteroatoms. The minimum Gasteiger partial charge on any atom is -0.452 e. The van der Waals surface area contributed by atoms with Gasteiger partial charge in [0, 0.05) is 26.6 Å². The van der Waals surface area contributed by atoms with Gasteiger partial charge in [0.15, 0.2) is 6.61 Å². The molecule has 2 aromatic rings. The van der Waals surface area contributed by atoms with E-state index in [1.54, 1.807) is 26.8 Å². The molecule has 0 aliphatic heterocycles. The van der Waals surface area contributed by atoms with Crippen LogP contribution in [0.5, 0.6) is 0 Å². The highest BCUT2D eigenvalue weighted by atomic mass is 35.5. The van der Waals surface area contributed by atoms with Gasteiger partial charge in [-0.25, -0.2) is 9.59 Å². The van der Waals surface area contributed by atoms with Crippen LogP contribution < -0.4 is 10.6 Å². The minimum absolute atomic E-state index is 0.479. The second-order valence-electron chi connectivity index (χ2n) is 6.47. The monoisotopic (exact) mass is 394 g/mol. The van der Waals surface area contributed by atoms with Gasteiger partial charge < -0.3 is 10.1 Å². The molecule has 0 aliphatic carbocycles. The highest BCUT2D eigenvalue weighted by Gasteiger charge is 2.16. The van der Waals surface area contributed by atoms with Crippen LogP contribution in [0.4, 0.5) is 4.79 Å². The summed E-state index contributed by atoms with van der Waals surface area (Å²) < 4.78 is 5.82. The number of halogens is 1. The Morgan fingerprint density at radius 1 is 1.23 bits per heavy atom. The summed E-state index contributed by atoms with van der Waals surface area (Å²) in [5.74, 6) is -1.42. The molecule has 0 saturated heterocycles. The lowest BCUT2D eigenvalue weighted by atomic mass is 10.1. The fourth-order valence-electron chi connectivity index (χ4n) is 2.00. The molecule has 2 N–H and O–H groups in total. The summed E-state index contributed by atoms with van der Waals surface area (Å²) in [4.78, 5) is 35.6. The van der Waals surface area contributed by atoms with Crippen molar-refractivity contribution >= 4 is 57.0 Å². The quantitative estimate of drug-likeness (QED) is 0.611. The summed E-state index contributed by atoms with van der Waals surface area (Å²) in [7, 11) is 0. The van der Waals surface area contributed by atoms with Crippen molar-refractivity contribution in [3.05, 3.63) is 40.2 Å². The number of esters is 1. The fourth-order valence-corrected chi connectivity index (χ4v) is 3.40. The van der Waals surface area contributed by atoms with E-state index in [1.807, 2.05) is 24.3 Å². The van der Waals surface area contributed by atoms with E-state index in [0.717, 1.165) is 15.0 Å². The van der Waals surface area contributed by atoms with Gasteiger partial charge in [0.05, 0.1) is 5.02 Å². The highest BCUT2D eigenvalue weighted by molar-refractivity contribution is 7.20. The van der Waals surface area contributed by atoms with Crippen LogP contribution in [0.2, 0.25) is 5.02 Å². The van der Waals surface area contributed by atoms with Crippen LogP contribution in [-0.4, -0.2) is 30.1 Å². The van der Waals surface area contributed by atoms with Crippen molar-refractivity contribution < 1.29 is 19.1 Å². The molecular weight excluding hydrogens is 376 g/mol. The molecule has 0 aliphatic rings. The molecular formula is C18H19ClN2O4S. The van der Waals surface area contributed by atoms with Crippen molar-refractivity contribution in [3.63, 3.8) is 0 Å². The Morgan fingerprint density at radius 2 is 1.92 bits per heavy atom. The molecule has 0 spiro atoms. The number of urea groups is 1. The third-order valence-corrected chi connectivity index (χ3v) is 4.67. The maximum absolute atomic E-state index is 11.7. The zero-order chi connectivity index (χ0) is 19.3. The van der Waals surface area contributed by atoms with E-state index in [0.29, 0.717) is 5.02 Å². The Balaban J connectivity index is 1.86. The SMILES string of the molecule is CC(C)(C)NC(=O)NC(=O)COC(=O)/C=C/c1sc2ccccc2c1Cl. The summed E-state index contributed by atoms with van der Waals surface area (Å²) >= 11 is 7.72. The summed E-state index contributed by atoms with van der Waals surface area (Å²) in [6, 6.07) is 6.99. The van der Waals surface area contributed by atoms with E-state index in [2.05, 4.69) is 10.6 Å². The molecule has 0 bridgehead atoms. The van der Waals surface area contributed by atoms with Crippen LogP contribution in [0, 0.1) is 0 Å². The molecule has 0 fully saturated rings. The molecule has 0 atom stereocenters. The zero-order valence-corrected chi connectivity index (χ0v) is 16.2. The standard InChI is InChI=1S/C18H19ClN2O4S/c1-18(2,3)21-17(24)20-14(22)10-25-15(23)9-8-13-16(19)11-6-4-5-7-12(11)26-13/h4-9H,10H2,1-3H3,(H2,20,21,22,24)/b9-8+. The first kappa shape index (κ1) is 19.9. The summed E-state index contributed by atoms with van der Waals surface area (Å²) in [5.41, 5.74) is -0.479. The van der Waals surface area contributed by atoms with Crippen LogP contribution in [0.25, 0.3) is 16.2 Å². The van der Waals surface area contributed by atoms with Gasteiger partial charge in [0.25, 0.3) is 5.91 Å². The predicted molar refractivity (Wildman–Crippen MR) is 103 cm³/mol. The Hall–Kier alpha value is -2.38. The number of nitrogens with one attached hydrogen (secondary N) is 2. The van der Waals surface area contributed by atoms with Gasteiger partial charge in [-0.15, -0.1) is 11.3 Å². The molecule has 3 amide bonds. The topological polar surface area (TPSA) is 84.5 Å². The number of ether oxygens (including phenoxy) is 1. The third-order valence-electron chi connectivity index (χ3n) is 3.02. The van der Waals surface area contributed by atoms with Crippen molar-refractivity contribution in [1.29, 1.82) is 0 Å². The van der Waals surface area contributed by atoms with Crippen molar-refractivity contribution in [2.75, 3.05) is 6.61 Å². The van der Waals surface area contributed by atoms with Crippen LogP contribution >= 0.6 is 22.9 Å². The van der Waals surface area contributed by atoms with Gasteiger partial charge in [0.2, 0.25) is 0 Å². The number of fused-ring (bicyclic) bond motifs is 1. The van der Waals surface area contributed by atoms with E-state index < -0.39 is 30.1 Å². The van der Waals surface area contributed by atoms with Crippen LogP contribution in [0.3, 0.4) is 0 Å². The molecule has 1 aromatic carbocycles. The molecule has 26 heavy (non-hydrogen) atoms. The Labute approximate surface area is 160 Å². The maximum atomic E-state index is 11.7. The molecule has 2 rings (SSSR count). The van der Waals surface area contributed by atoms with E-state index in [4.69, 9.17) is 16.3 Å². The maximum Gasteiger partial charge on any atom is 0.331 e. The number of carbonyl (C=O) groups excluding carboxylic acids is 3. The zero-order valence-electron chi connectivity index (χ0n) is 14.6. The normalized spacial score (nSPS) is 11.5. The van der Waals surface area contributed by atoms with Gasteiger partial charge in [-0.3, -0.25) is 10.1 Å². The summed E-state index contributed by atoms with van der Waals surface area (Å²) in [5, 5.41) is 6.12. The molecule has 6 nitrogen and oxygen atoms in total. The minimum atomic E-state index is -0.714. The molecule has 1 aromatic heterocycles. The molecule has 0 radical (unpaired) electrons. The van der Waals surface area contributed by atoms with Crippen LogP contribution in [-0.2, 0) is 14.3 Å². The molecule has 1 heterocycles.